The Balaban J connectivity index is 2.71. The van der Waals surface area contributed by atoms with E-state index < -0.39 is 0 Å². The van der Waals surface area contributed by atoms with Gasteiger partial charge in [0.1, 0.15) is 0 Å². The molecule has 1 saturated carbocycles. The molecule has 1 aliphatic rings. The maximum absolute atomic E-state index is 9.81. The predicted molar refractivity (Wildman–Crippen MR) is 65.7 cm³/mol. The minimum Gasteiger partial charge on any atom is -0.393 e. The Morgan fingerprint density at radius 2 is 1.47 bits per heavy atom. The van der Waals surface area contributed by atoms with Crippen molar-refractivity contribution in [3.05, 3.63) is 0 Å². The SMILES string of the molecule is CC(O)C1C(C)CC(C(C)(C)C)CC1C. The van der Waals surface area contributed by atoms with Crippen molar-refractivity contribution in [3.63, 3.8) is 0 Å². The molecule has 1 N–H and O–H groups in total. The lowest BCUT2D eigenvalue weighted by Gasteiger charge is -2.45. The van der Waals surface area contributed by atoms with Crippen molar-refractivity contribution in [3.8, 4) is 0 Å². The van der Waals surface area contributed by atoms with E-state index in [0.717, 1.165) is 5.92 Å². The molecule has 0 amide bonds. The number of rotatable bonds is 1. The van der Waals surface area contributed by atoms with Crippen molar-refractivity contribution >= 4 is 0 Å². The van der Waals surface area contributed by atoms with E-state index in [0.29, 0.717) is 23.2 Å². The van der Waals surface area contributed by atoms with Crippen molar-refractivity contribution in [2.24, 2.45) is 29.1 Å². The first-order chi connectivity index (χ1) is 6.73. The van der Waals surface area contributed by atoms with Gasteiger partial charge < -0.3 is 5.11 Å². The van der Waals surface area contributed by atoms with Crippen LogP contribution in [0.25, 0.3) is 0 Å². The quantitative estimate of drug-likeness (QED) is 0.702. The summed E-state index contributed by atoms with van der Waals surface area (Å²) in [4.78, 5) is 0. The average molecular weight is 212 g/mol. The fraction of sp³-hybridized carbons (Fsp3) is 1.00. The molecule has 1 aliphatic carbocycles. The zero-order valence-electron chi connectivity index (χ0n) is 11.2. The Kier molecular flexibility index (Phi) is 3.86. The van der Waals surface area contributed by atoms with E-state index in [1.54, 1.807) is 0 Å². The number of hydrogen-bond acceptors (Lipinski definition) is 1. The number of aliphatic hydroxyl groups excluding tert-OH is 1. The minimum absolute atomic E-state index is 0.143. The van der Waals surface area contributed by atoms with Gasteiger partial charge in [0, 0.05) is 0 Å². The topological polar surface area (TPSA) is 20.2 Å². The summed E-state index contributed by atoms with van der Waals surface area (Å²) < 4.78 is 0. The van der Waals surface area contributed by atoms with E-state index in [9.17, 15) is 5.11 Å². The van der Waals surface area contributed by atoms with Gasteiger partial charge in [0.2, 0.25) is 0 Å². The maximum Gasteiger partial charge on any atom is 0.0545 e. The van der Waals surface area contributed by atoms with Gasteiger partial charge in [-0.3, -0.25) is 0 Å². The molecule has 0 spiro atoms. The molecule has 0 aliphatic heterocycles. The second kappa shape index (κ2) is 4.45. The monoisotopic (exact) mass is 212 g/mol. The number of aliphatic hydroxyl groups is 1. The van der Waals surface area contributed by atoms with Gasteiger partial charge in [-0.15, -0.1) is 0 Å². The molecule has 1 rings (SSSR count). The molecule has 15 heavy (non-hydrogen) atoms. The van der Waals surface area contributed by atoms with E-state index >= 15 is 0 Å². The molecule has 1 nitrogen and oxygen atoms in total. The standard InChI is InChI=1S/C14H28O/c1-9-7-12(14(4,5)6)8-10(2)13(9)11(3)15/h9-13,15H,7-8H2,1-6H3. The zero-order valence-corrected chi connectivity index (χ0v) is 11.2. The minimum atomic E-state index is -0.143. The van der Waals surface area contributed by atoms with Crippen LogP contribution in [0, 0.1) is 29.1 Å². The first kappa shape index (κ1) is 13.0. The van der Waals surface area contributed by atoms with Crippen molar-refractivity contribution < 1.29 is 5.11 Å². The fourth-order valence-electron chi connectivity index (χ4n) is 3.53. The van der Waals surface area contributed by atoms with Gasteiger partial charge in [0.25, 0.3) is 0 Å². The molecule has 1 heteroatoms. The predicted octanol–water partition coefficient (Wildman–Crippen LogP) is 3.71. The first-order valence-electron chi connectivity index (χ1n) is 6.41. The molecule has 90 valence electrons. The van der Waals surface area contributed by atoms with Crippen molar-refractivity contribution in [1.29, 1.82) is 0 Å². The Labute approximate surface area is 95.3 Å². The Hall–Kier alpha value is -0.0400. The molecule has 0 heterocycles. The molecule has 0 aromatic heterocycles. The van der Waals surface area contributed by atoms with Crippen LogP contribution in [-0.4, -0.2) is 11.2 Å². The molecule has 3 unspecified atom stereocenters. The van der Waals surface area contributed by atoms with Gasteiger partial charge in [-0.2, -0.15) is 0 Å². The third-order valence-corrected chi connectivity index (χ3v) is 4.41. The van der Waals surface area contributed by atoms with E-state index in [1.807, 2.05) is 6.92 Å². The van der Waals surface area contributed by atoms with Crippen LogP contribution in [0.2, 0.25) is 0 Å². The highest BCUT2D eigenvalue weighted by molar-refractivity contribution is 4.89. The Morgan fingerprint density at radius 3 is 1.73 bits per heavy atom. The summed E-state index contributed by atoms with van der Waals surface area (Å²) in [7, 11) is 0. The number of hydrogen-bond donors (Lipinski definition) is 1. The van der Waals surface area contributed by atoms with E-state index in [1.165, 1.54) is 12.8 Å². The fourth-order valence-corrected chi connectivity index (χ4v) is 3.53. The van der Waals surface area contributed by atoms with Gasteiger partial charge in [0.15, 0.2) is 0 Å². The Morgan fingerprint density at radius 1 is 1.07 bits per heavy atom. The highest BCUT2D eigenvalue weighted by Gasteiger charge is 2.39. The molecule has 0 radical (unpaired) electrons. The molecule has 0 aromatic rings. The van der Waals surface area contributed by atoms with E-state index in [2.05, 4.69) is 34.6 Å². The van der Waals surface area contributed by atoms with Crippen LogP contribution in [0.15, 0.2) is 0 Å². The van der Waals surface area contributed by atoms with Crippen LogP contribution < -0.4 is 0 Å². The molecular formula is C14H28O. The molecule has 0 bridgehead atoms. The van der Waals surface area contributed by atoms with Crippen LogP contribution in [0.5, 0.6) is 0 Å². The Bertz CT molecular complexity index is 190. The van der Waals surface area contributed by atoms with Crippen LogP contribution in [0.3, 0.4) is 0 Å². The second-order valence-electron chi connectivity index (χ2n) is 6.81. The summed E-state index contributed by atoms with van der Waals surface area (Å²) in [6, 6.07) is 0. The van der Waals surface area contributed by atoms with E-state index in [-0.39, 0.29) is 6.10 Å². The summed E-state index contributed by atoms with van der Waals surface area (Å²) in [6.45, 7) is 13.6. The molecule has 1 fully saturated rings. The van der Waals surface area contributed by atoms with Gasteiger partial charge >= 0.3 is 0 Å². The highest BCUT2D eigenvalue weighted by Crippen LogP contribution is 2.46. The van der Waals surface area contributed by atoms with Gasteiger partial charge in [0.05, 0.1) is 6.10 Å². The van der Waals surface area contributed by atoms with Crippen LogP contribution >= 0.6 is 0 Å². The van der Waals surface area contributed by atoms with Gasteiger partial charge in [-0.1, -0.05) is 34.6 Å². The smallest absolute Gasteiger partial charge is 0.0545 e. The van der Waals surface area contributed by atoms with Crippen LogP contribution in [0.4, 0.5) is 0 Å². The zero-order chi connectivity index (χ0) is 11.8. The summed E-state index contributed by atoms with van der Waals surface area (Å²) in [5.74, 6) is 2.65. The van der Waals surface area contributed by atoms with E-state index in [4.69, 9.17) is 0 Å². The summed E-state index contributed by atoms with van der Waals surface area (Å²) >= 11 is 0. The molecule has 0 saturated heterocycles. The summed E-state index contributed by atoms with van der Waals surface area (Å²) in [6.07, 6.45) is 2.42. The molecule has 3 atom stereocenters. The van der Waals surface area contributed by atoms with Gasteiger partial charge in [-0.05, 0) is 48.9 Å². The summed E-state index contributed by atoms with van der Waals surface area (Å²) in [5.41, 5.74) is 0.423. The van der Waals surface area contributed by atoms with Gasteiger partial charge in [-0.25, -0.2) is 0 Å². The molecular weight excluding hydrogens is 184 g/mol. The lowest BCUT2D eigenvalue weighted by atomic mass is 9.61. The second-order valence-corrected chi connectivity index (χ2v) is 6.81. The van der Waals surface area contributed by atoms with Crippen molar-refractivity contribution in [2.75, 3.05) is 0 Å². The third-order valence-electron chi connectivity index (χ3n) is 4.41. The van der Waals surface area contributed by atoms with Crippen molar-refractivity contribution in [1.82, 2.24) is 0 Å². The lowest BCUT2D eigenvalue weighted by molar-refractivity contribution is -0.00903. The normalized spacial score (nSPS) is 40.2. The largest absolute Gasteiger partial charge is 0.393 e. The maximum atomic E-state index is 9.81. The highest BCUT2D eigenvalue weighted by atomic mass is 16.3. The first-order valence-corrected chi connectivity index (χ1v) is 6.41. The van der Waals surface area contributed by atoms with Crippen LogP contribution in [-0.2, 0) is 0 Å². The molecule has 0 aromatic carbocycles. The lowest BCUT2D eigenvalue weighted by Crippen LogP contribution is -2.40. The van der Waals surface area contributed by atoms with Crippen molar-refractivity contribution in [2.45, 2.75) is 60.5 Å². The average Bonchev–Trinajstić information content (AvgIpc) is 1.99. The summed E-state index contributed by atoms with van der Waals surface area (Å²) in [5, 5.41) is 9.81. The third kappa shape index (κ3) is 2.96. The van der Waals surface area contributed by atoms with Crippen LogP contribution in [0.1, 0.15) is 54.4 Å².